The lowest BCUT2D eigenvalue weighted by atomic mass is 9.77. The third-order valence-corrected chi connectivity index (χ3v) is 6.16. The van der Waals surface area contributed by atoms with Crippen molar-refractivity contribution in [2.75, 3.05) is 0 Å². The van der Waals surface area contributed by atoms with Crippen LogP contribution in [0, 0.1) is 11.8 Å². The van der Waals surface area contributed by atoms with Gasteiger partial charge < -0.3 is 10.6 Å². The van der Waals surface area contributed by atoms with Gasteiger partial charge in [-0.15, -0.1) is 0 Å². The Balaban J connectivity index is 1.52. The summed E-state index contributed by atoms with van der Waals surface area (Å²) in [6.45, 7) is 2.31. The van der Waals surface area contributed by atoms with Crippen molar-refractivity contribution in [1.82, 2.24) is 10.6 Å². The SMILES string of the molecule is CC1CCCCCC1NC(=O)C1CCC2CCCCC2N1. The zero-order chi connectivity index (χ0) is 14.7. The summed E-state index contributed by atoms with van der Waals surface area (Å²) in [5, 5.41) is 7.04. The van der Waals surface area contributed by atoms with E-state index in [9.17, 15) is 4.79 Å². The molecule has 5 unspecified atom stereocenters. The van der Waals surface area contributed by atoms with E-state index >= 15 is 0 Å². The molecule has 1 heterocycles. The van der Waals surface area contributed by atoms with Crippen molar-refractivity contribution in [3.8, 4) is 0 Å². The van der Waals surface area contributed by atoms with Gasteiger partial charge in [0.1, 0.15) is 0 Å². The van der Waals surface area contributed by atoms with Crippen LogP contribution in [0.15, 0.2) is 0 Å². The second-order valence-electron chi connectivity index (χ2n) is 7.68. The lowest BCUT2D eigenvalue weighted by Crippen LogP contribution is -2.56. The van der Waals surface area contributed by atoms with Crippen LogP contribution in [-0.4, -0.2) is 24.0 Å². The van der Waals surface area contributed by atoms with Gasteiger partial charge in [-0.2, -0.15) is 0 Å². The zero-order valence-corrected chi connectivity index (χ0v) is 13.6. The molecule has 0 aromatic heterocycles. The molecule has 3 nitrogen and oxygen atoms in total. The van der Waals surface area contributed by atoms with Crippen molar-refractivity contribution in [3.63, 3.8) is 0 Å². The number of rotatable bonds is 2. The highest BCUT2D eigenvalue weighted by Gasteiger charge is 2.35. The Bertz CT molecular complexity index is 357. The van der Waals surface area contributed by atoms with Crippen LogP contribution in [0.2, 0.25) is 0 Å². The van der Waals surface area contributed by atoms with Gasteiger partial charge in [-0.25, -0.2) is 0 Å². The summed E-state index contributed by atoms with van der Waals surface area (Å²) >= 11 is 0. The van der Waals surface area contributed by atoms with E-state index in [1.165, 1.54) is 64.2 Å². The van der Waals surface area contributed by atoms with Gasteiger partial charge in [0.05, 0.1) is 6.04 Å². The van der Waals surface area contributed by atoms with Gasteiger partial charge in [-0.1, -0.05) is 39.0 Å². The maximum Gasteiger partial charge on any atom is 0.237 e. The minimum absolute atomic E-state index is 0.0693. The lowest BCUT2D eigenvalue weighted by molar-refractivity contribution is -0.125. The third kappa shape index (κ3) is 3.80. The number of fused-ring (bicyclic) bond motifs is 1. The van der Waals surface area contributed by atoms with Crippen LogP contribution < -0.4 is 10.6 Å². The Kier molecular flexibility index (Phi) is 5.20. The Morgan fingerprint density at radius 2 is 1.67 bits per heavy atom. The van der Waals surface area contributed by atoms with Crippen LogP contribution >= 0.6 is 0 Å². The third-order valence-electron chi connectivity index (χ3n) is 6.16. The molecule has 0 bridgehead atoms. The highest BCUT2D eigenvalue weighted by molar-refractivity contribution is 5.82. The molecule has 1 saturated heterocycles. The van der Waals surface area contributed by atoms with Crippen molar-refractivity contribution in [2.45, 2.75) is 95.7 Å². The molecule has 0 radical (unpaired) electrons. The molecule has 5 atom stereocenters. The molecule has 1 amide bonds. The molecule has 2 aliphatic carbocycles. The molecular formula is C18H32N2O. The van der Waals surface area contributed by atoms with E-state index in [4.69, 9.17) is 0 Å². The van der Waals surface area contributed by atoms with Gasteiger partial charge in [-0.3, -0.25) is 4.79 Å². The Morgan fingerprint density at radius 1 is 0.905 bits per heavy atom. The van der Waals surface area contributed by atoms with E-state index in [0.717, 1.165) is 12.3 Å². The number of hydrogen-bond acceptors (Lipinski definition) is 2. The number of piperidine rings is 1. The van der Waals surface area contributed by atoms with Crippen molar-refractivity contribution >= 4 is 5.91 Å². The molecule has 120 valence electrons. The maximum absolute atomic E-state index is 12.6. The predicted octanol–water partition coefficient (Wildman–Crippen LogP) is 3.38. The monoisotopic (exact) mass is 292 g/mol. The van der Waals surface area contributed by atoms with Gasteiger partial charge in [0.2, 0.25) is 5.91 Å². The molecule has 0 spiro atoms. The average molecular weight is 292 g/mol. The molecule has 3 heteroatoms. The zero-order valence-electron chi connectivity index (χ0n) is 13.6. The first kappa shape index (κ1) is 15.3. The molecule has 0 aromatic carbocycles. The minimum Gasteiger partial charge on any atom is -0.352 e. The van der Waals surface area contributed by atoms with Crippen molar-refractivity contribution in [3.05, 3.63) is 0 Å². The number of nitrogens with one attached hydrogen (secondary N) is 2. The van der Waals surface area contributed by atoms with E-state index in [2.05, 4.69) is 17.6 Å². The molecule has 21 heavy (non-hydrogen) atoms. The van der Waals surface area contributed by atoms with E-state index in [1.807, 2.05) is 0 Å². The second-order valence-corrected chi connectivity index (χ2v) is 7.68. The summed E-state index contributed by atoms with van der Waals surface area (Å²) in [5.41, 5.74) is 0. The Morgan fingerprint density at radius 3 is 2.57 bits per heavy atom. The number of amides is 1. The van der Waals surface area contributed by atoms with Gasteiger partial charge in [0.25, 0.3) is 0 Å². The normalized spacial score (nSPS) is 40.9. The van der Waals surface area contributed by atoms with Crippen molar-refractivity contribution in [2.24, 2.45) is 11.8 Å². The quantitative estimate of drug-likeness (QED) is 0.766. The van der Waals surface area contributed by atoms with E-state index in [-0.39, 0.29) is 11.9 Å². The van der Waals surface area contributed by atoms with Crippen LogP contribution in [0.3, 0.4) is 0 Å². The smallest absolute Gasteiger partial charge is 0.237 e. The number of hydrogen-bond donors (Lipinski definition) is 2. The fourth-order valence-corrected chi connectivity index (χ4v) is 4.69. The largest absolute Gasteiger partial charge is 0.352 e. The van der Waals surface area contributed by atoms with Crippen molar-refractivity contribution in [1.29, 1.82) is 0 Å². The molecule has 0 aromatic rings. The predicted molar refractivity (Wildman–Crippen MR) is 86.1 cm³/mol. The Labute approximate surface area is 129 Å². The topological polar surface area (TPSA) is 41.1 Å². The van der Waals surface area contributed by atoms with Gasteiger partial charge >= 0.3 is 0 Å². The van der Waals surface area contributed by atoms with Crippen molar-refractivity contribution < 1.29 is 4.79 Å². The van der Waals surface area contributed by atoms with Crippen LogP contribution in [0.4, 0.5) is 0 Å². The molecule has 2 saturated carbocycles. The van der Waals surface area contributed by atoms with Crippen LogP contribution in [-0.2, 0) is 4.79 Å². The summed E-state index contributed by atoms with van der Waals surface area (Å²) < 4.78 is 0. The van der Waals surface area contributed by atoms with Gasteiger partial charge in [0.15, 0.2) is 0 Å². The fraction of sp³-hybridized carbons (Fsp3) is 0.944. The first-order chi connectivity index (χ1) is 10.2. The first-order valence-electron chi connectivity index (χ1n) is 9.30. The van der Waals surface area contributed by atoms with E-state index in [1.54, 1.807) is 0 Å². The highest BCUT2D eigenvalue weighted by Crippen LogP contribution is 2.32. The highest BCUT2D eigenvalue weighted by atomic mass is 16.2. The second kappa shape index (κ2) is 7.13. The molecular weight excluding hydrogens is 260 g/mol. The molecule has 1 aliphatic heterocycles. The molecule has 2 N–H and O–H groups in total. The lowest BCUT2D eigenvalue weighted by Gasteiger charge is -2.40. The van der Waals surface area contributed by atoms with Crippen LogP contribution in [0.25, 0.3) is 0 Å². The number of carbonyl (C=O) groups excluding carboxylic acids is 1. The molecule has 3 aliphatic rings. The maximum atomic E-state index is 12.6. The summed E-state index contributed by atoms with van der Waals surface area (Å²) in [4.78, 5) is 12.6. The van der Waals surface area contributed by atoms with E-state index in [0.29, 0.717) is 18.0 Å². The summed E-state index contributed by atoms with van der Waals surface area (Å²) in [6.07, 6.45) is 14.0. The Hall–Kier alpha value is -0.570. The number of carbonyl (C=O) groups is 1. The standard InChI is InChI=1S/C18H32N2O/c1-13-7-3-2-4-9-15(13)20-18(21)17-12-11-14-8-5-6-10-16(14)19-17/h13-17,19H,2-12H2,1H3,(H,20,21). The minimum atomic E-state index is 0.0693. The van der Waals surface area contributed by atoms with E-state index < -0.39 is 0 Å². The van der Waals surface area contributed by atoms with Crippen LogP contribution in [0.5, 0.6) is 0 Å². The molecule has 3 fully saturated rings. The summed E-state index contributed by atoms with van der Waals surface area (Å²) in [5.74, 6) is 1.75. The van der Waals surface area contributed by atoms with Crippen LogP contribution in [0.1, 0.15) is 77.6 Å². The molecule has 3 rings (SSSR count). The van der Waals surface area contributed by atoms with Gasteiger partial charge in [0, 0.05) is 12.1 Å². The average Bonchev–Trinajstić information content (AvgIpc) is 2.72. The summed E-state index contributed by atoms with van der Waals surface area (Å²) in [7, 11) is 0. The fourth-order valence-electron chi connectivity index (χ4n) is 4.69. The van der Waals surface area contributed by atoms with Gasteiger partial charge in [-0.05, 0) is 50.4 Å². The summed E-state index contributed by atoms with van der Waals surface area (Å²) in [6, 6.07) is 1.08. The first-order valence-corrected chi connectivity index (χ1v) is 9.30.